The monoisotopic (exact) mass is 407 g/mol. The van der Waals surface area contributed by atoms with Gasteiger partial charge < -0.3 is 14.8 Å². The van der Waals surface area contributed by atoms with Crippen molar-refractivity contribution in [3.8, 4) is 11.5 Å². The molecule has 0 aliphatic heterocycles. The van der Waals surface area contributed by atoms with Crippen molar-refractivity contribution in [2.45, 2.75) is 31.1 Å². The van der Waals surface area contributed by atoms with Crippen molar-refractivity contribution < 1.29 is 14.3 Å². The summed E-state index contributed by atoms with van der Waals surface area (Å²) < 4.78 is 10.8. The molecule has 2 aromatic carbocycles. The lowest BCUT2D eigenvalue weighted by atomic mass is 9.78. The van der Waals surface area contributed by atoms with E-state index in [-0.39, 0.29) is 11.3 Å². The number of rotatable bonds is 6. The highest BCUT2D eigenvalue weighted by Crippen LogP contribution is 2.43. The Labute approximate surface area is 169 Å². The van der Waals surface area contributed by atoms with Gasteiger partial charge in [-0.25, -0.2) is 0 Å². The van der Waals surface area contributed by atoms with E-state index >= 15 is 0 Å². The fourth-order valence-corrected chi connectivity index (χ4v) is 4.30. The number of carbonyl (C=O) groups is 1. The fraction of sp³-hybridized carbons (Fsp3) is 0.381. The van der Waals surface area contributed by atoms with Crippen molar-refractivity contribution in [3.05, 3.63) is 57.6 Å². The molecule has 0 saturated heterocycles. The van der Waals surface area contributed by atoms with Crippen LogP contribution in [-0.2, 0) is 5.41 Å². The number of carbonyl (C=O) groups excluding carboxylic acids is 1. The van der Waals surface area contributed by atoms with Gasteiger partial charge in [-0.05, 0) is 48.7 Å². The zero-order valence-electron chi connectivity index (χ0n) is 15.5. The molecule has 1 aliphatic rings. The minimum atomic E-state index is -0.191. The van der Waals surface area contributed by atoms with Crippen molar-refractivity contribution >= 4 is 29.1 Å². The van der Waals surface area contributed by atoms with Crippen LogP contribution in [0.25, 0.3) is 0 Å². The molecule has 0 bridgehead atoms. The second-order valence-corrected chi connectivity index (χ2v) is 7.71. The van der Waals surface area contributed by atoms with Gasteiger partial charge in [0.2, 0.25) is 0 Å². The minimum absolute atomic E-state index is 0.117. The zero-order valence-corrected chi connectivity index (χ0v) is 17.0. The van der Waals surface area contributed by atoms with Crippen molar-refractivity contribution in [2.75, 3.05) is 20.8 Å². The van der Waals surface area contributed by atoms with Crippen LogP contribution in [0, 0.1) is 0 Å². The Bertz CT molecular complexity index is 832. The fourth-order valence-electron chi connectivity index (χ4n) is 3.80. The molecule has 4 nitrogen and oxygen atoms in total. The molecule has 0 heterocycles. The minimum Gasteiger partial charge on any atom is -0.493 e. The first-order chi connectivity index (χ1) is 13.0. The van der Waals surface area contributed by atoms with Crippen LogP contribution in [0.5, 0.6) is 11.5 Å². The van der Waals surface area contributed by atoms with E-state index in [1.807, 2.05) is 12.1 Å². The molecule has 6 heteroatoms. The largest absolute Gasteiger partial charge is 0.493 e. The first-order valence-electron chi connectivity index (χ1n) is 8.95. The Kier molecular flexibility index (Phi) is 6.18. The smallest absolute Gasteiger partial charge is 0.252 e. The van der Waals surface area contributed by atoms with Crippen molar-refractivity contribution in [2.24, 2.45) is 0 Å². The average Bonchev–Trinajstić information content (AvgIpc) is 3.15. The van der Waals surface area contributed by atoms with Crippen LogP contribution in [0.15, 0.2) is 36.4 Å². The molecule has 1 N–H and O–H groups in total. The van der Waals surface area contributed by atoms with E-state index in [1.165, 1.54) is 0 Å². The predicted molar refractivity (Wildman–Crippen MR) is 108 cm³/mol. The number of nitrogens with one attached hydrogen (secondary N) is 1. The summed E-state index contributed by atoms with van der Waals surface area (Å²) in [7, 11) is 3.26. The lowest BCUT2D eigenvalue weighted by Gasteiger charge is -2.30. The molecule has 1 fully saturated rings. The molecular weight excluding hydrogens is 385 g/mol. The summed E-state index contributed by atoms with van der Waals surface area (Å²) in [6, 6.07) is 10.9. The lowest BCUT2D eigenvalue weighted by molar-refractivity contribution is 0.0943. The maximum atomic E-state index is 12.6. The summed E-state index contributed by atoms with van der Waals surface area (Å²) in [6.45, 7) is 0.542. The van der Waals surface area contributed by atoms with E-state index in [9.17, 15) is 4.79 Å². The van der Waals surface area contributed by atoms with E-state index in [0.717, 1.165) is 31.2 Å². The van der Waals surface area contributed by atoms with Gasteiger partial charge in [0.05, 0.1) is 24.8 Å². The Balaban J connectivity index is 1.82. The standard InChI is InChI=1S/C21H23Cl2NO3/c1-26-18-8-5-14(11-19(18)27-2)21(9-3-4-10-21)13-24-20(25)16-7-6-15(22)12-17(16)23/h5-8,11-12H,3-4,9-10,13H2,1-2H3,(H,24,25). The quantitative estimate of drug-likeness (QED) is 0.710. The maximum Gasteiger partial charge on any atom is 0.252 e. The van der Waals surface area contributed by atoms with E-state index < -0.39 is 0 Å². The SMILES string of the molecule is COc1ccc(C2(CNC(=O)c3ccc(Cl)cc3Cl)CCCC2)cc1OC. The number of ether oxygens (including phenoxy) is 2. The normalized spacial score (nSPS) is 15.4. The lowest BCUT2D eigenvalue weighted by Crippen LogP contribution is -2.39. The molecule has 27 heavy (non-hydrogen) atoms. The van der Waals surface area contributed by atoms with Gasteiger partial charge in [-0.3, -0.25) is 4.79 Å². The van der Waals surface area contributed by atoms with Gasteiger partial charge in [-0.2, -0.15) is 0 Å². The van der Waals surface area contributed by atoms with Gasteiger partial charge >= 0.3 is 0 Å². The van der Waals surface area contributed by atoms with Crippen LogP contribution in [-0.4, -0.2) is 26.7 Å². The summed E-state index contributed by atoms with van der Waals surface area (Å²) in [4.78, 5) is 12.6. The molecule has 0 radical (unpaired) electrons. The molecule has 0 aromatic heterocycles. The van der Waals surface area contributed by atoms with Gasteiger partial charge in [-0.15, -0.1) is 0 Å². The number of benzene rings is 2. The average molecular weight is 408 g/mol. The maximum absolute atomic E-state index is 12.6. The highest BCUT2D eigenvalue weighted by molar-refractivity contribution is 6.36. The topological polar surface area (TPSA) is 47.6 Å². The Morgan fingerprint density at radius 3 is 2.37 bits per heavy atom. The molecule has 1 aliphatic carbocycles. The number of hydrogen-bond acceptors (Lipinski definition) is 3. The molecule has 0 spiro atoms. The van der Waals surface area contributed by atoms with E-state index in [4.69, 9.17) is 32.7 Å². The van der Waals surface area contributed by atoms with Gasteiger partial charge in [0.15, 0.2) is 11.5 Å². The first kappa shape index (κ1) is 19.8. The molecule has 144 valence electrons. The first-order valence-corrected chi connectivity index (χ1v) is 9.70. The van der Waals surface area contributed by atoms with Gasteiger partial charge in [-0.1, -0.05) is 42.1 Å². The number of methoxy groups -OCH3 is 2. The second kappa shape index (κ2) is 8.41. The number of amides is 1. The van der Waals surface area contributed by atoms with Crippen LogP contribution >= 0.6 is 23.2 Å². The highest BCUT2D eigenvalue weighted by atomic mass is 35.5. The summed E-state index contributed by atoms with van der Waals surface area (Å²) in [5.41, 5.74) is 1.47. The van der Waals surface area contributed by atoms with Gasteiger partial charge in [0, 0.05) is 17.0 Å². The third-order valence-corrected chi connectivity index (χ3v) is 5.87. The molecular formula is C21H23Cl2NO3. The molecule has 3 rings (SSSR count). The Morgan fingerprint density at radius 2 is 1.74 bits per heavy atom. The van der Waals surface area contributed by atoms with Crippen LogP contribution in [0.3, 0.4) is 0 Å². The molecule has 1 saturated carbocycles. The highest BCUT2D eigenvalue weighted by Gasteiger charge is 2.36. The van der Waals surface area contributed by atoms with E-state index in [1.54, 1.807) is 32.4 Å². The van der Waals surface area contributed by atoms with Crippen LogP contribution in [0.2, 0.25) is 10.0 Å². The van der Waals surface area contributed by atoms with Crippen LogP contribution in [0.1, 0.15) is 41.6 Å². The predicted octanol–water partition coefficient (Wildman–Crippen LogP) is 5.25. The van der Waals surface area contributed by atoms with Crippen LogP contribution in [0.4, 0.5) is 0 Å². The van der Waals surface area contributed by atoms with Crippen molar-refractivity contribution in [1.29, 1.82) is 0 Å². The Hall–Kier alpha value is -1.91. The summed E-state index contributed by atoms with van der Waals surface area (Å²) in [5, 5.41) is 3.93. The van der Waals surface area contributed by atoms with Gasteiger partial charge in [0.1, 0.15) is 0 Å². The molecule has 1 amide bonds. The van der Waals surface area contributed by atoms with Crippen molar-refractivity contribution in [3.63, 3.8) is 0 Å². The number of halogens is 2. The molecule has 0 atom stereocenters. The summed E-state index contributed by atoms with van der Waals surface area (Å²) in [6.07, 6.45) is 4.28. The van der Waals surface area contributed by atoms with Crippen LogP contribution < -0.4 is 14.8 Å². The Morgan fingerprint density at radius 1 is 1.04 bits per heavy atom. The second-order valence-electron chi connectivity index (χ2n) is 6.86. The van der Waals surface area contributed by atoms with E-state index in [2.05, 4.69) is 11.4 Å². The summed E-state index contributed by atoms with van der Waals surface area (Å²) >= 11 is 12.1. The summed E-state index contributed by atoms with van der Waals surface area (Å²) in [5.74, 6) is 1.21. The van der Waals surface area contributed by atoms with E-state index in [0.29, 0.717) is 33.7 Å². The third-order valence-electron chi connectivity index (χ3n) is 5.32. The molecule has 0 unspecified atom stereocenters. The van der Waals surface area contributed by atoms with Crippen molar-refractivity contribution in [1.82, 2.24) is 5.32 Å². The third kappa shape index (κ3) is 4.17. The van der Waals surface area contributed by atoms with Gasteiger partial charge in [0.25, 0.3) is 5.91 Å². The zero-order chi connectivity index (χ0) is 19.4. The molecule has 2 aromatic rings. The number of hydrogen-bond donors (Lipinski definition) is 1.